The molecule has 0 aromatic heterocycles. The molecule has 14 heavy (non-hydrogen) atoms. The summed E-state index contributed by atoms with van der Waals surface area (Å²) < 4.78 is 5.28. The van der Waals surface area contributed by atoms with E-state index in [4.69, 9.17) is 27.3 Å². The number of hydrogen-bond acceptors (Lipinski definition) is 3. The zero-order chi connectivity index (χ0) is 10.6. The van der Waals surface area contributed by atoms with E-state index in [1.807, 2.05) is 6.92 Å². The molecule has 0 aliphatic rings. The van der Waals surface area contributed by atoms with Crippen molar-refractivity contribution in [1.82, 2.24) is 0 Å². The first-order chi connectivity index (χ1) is 6.69. The molecule has 0 aliphatic carbocycles. The molecule has 0 saturated carbocycles. The van der Waals surface area contributed by atoms with Crippen LogP contribution in [0.5, 0.6) is 5.75 Å². The smallest absolute Gasteiger partial charge is 0.173 e. The van der Waals surface area contributed by atoms with Crippen LogP contribution in [0.25, 0.3) is 0 Å². The molecule has 0 unspecified atom stereocenters. The van der Waals surface area contributed by atoms with Crippen LogP contribution in [0.1, 0.15) is 12.5 Å². The Labute approximate surface area is 86.9 Å². The van der Waals surface area contributed by atoms with Crippen LogP contribution < -0.4 is 10.5 Å². The van der Waals surface area contributed by atoms with Gasteiger partial charge < -0.3 is 15.7 Å². The third-order valence-electron chi connectivity index (χ3n) is 1.63. The average Bonchev–Trinajstić information content (AvgIpc) is 2.17. The van der Waals surface area contributed by atoms with Gasteiger partial charge in [-0.05, 0) is 25.1 Å². The molecule has 1 aromatic carbocycles. The van der Waals surface area contributed by atoms with E-state index in [-0.39, 0.29) is 5.84 Å². The molecular weight excluding hydrogens is 204 g/mol. The first-order valence-electron chi connectivity index (χ1n) is 4.09. The lowest BCUT2D eigenvalue weighted by atomic mass is 10.2. The van der Waals surface area contributed by atoms with Gasteiger partial charge in [0, 0.05) is 5.02 Å². The topological polar surface area (TPSA) is 67.8 Å². The fraction of sp³-hybridized carbons (Fsp3) is 0.222. The Balaban J connectivity index is 3.14. The van der Waals surface area contributed by atoms with Crippen molar-refractivity contribution >= 4 is 17.4 Å². The fourth-order valence-corrected chi connectivity index (χ4v) is 1.20. The standard InChI is InChI=1S/C9H11ClN2O2/c1-2-14-8-5-6(10)3-4-7(8)9(11)12-13/h3-5,13H,2H2,1H3,(H2,11,12). The number of hydrogen-bond donors (Lipinski definition) is 2. The highest BCUT2D eigenvalue weighted by molar-refractivity contribution is 6.30. The average molecular weight is 215 g/mol. The normalized spacial score (nSPS) is 11.4. The lowest BCUT2D eigenvalue weighted by Crippen LogP contribution is -2.14. The maximum Gasteiger partial charge on any atom is 0.173 e. The van der Waals surface area contributed by atoms with Gasteiger partial charge in [-0.15, -0.1) is 0 Å². The highest BCUT2D eigenvalue weighted by Crippen LogP contribution is 2.23. The molecule has 0 aliphatic heterocycles. The quantitative estimate of drug-likeness (QED) is 0.349. The summed E-state index contributed by atoms with van der Waals surface area (Å²) in [6, 6.07) is 4.91. The van der Waals surface area contributed by atoms with Crippen LogP contribution in [0.3, 0.4) is 0 Å². The van der Waals surface area contributed by atoms with Gasteiger partial charge in [0.25, 0.3) is 0 Å². The van der Waals surface area contributed by atoms with Crippen LogP contribution in [0, 0.1) is 0 Å². The highest BCUT2D eigenvalue weighted by atomic mass is 35.5. The third-order valence-corrected chi connectivity index (χ3v) is 1.86. The number of amidine groups is 1. The highest BCUT2D eigenvalue weighted by Gasteiger charge is 2.08. The van der Waals surface area contributed by atoms with Crippen molar-refractivity contribution in [2.45, 2.75) is 6.92 Å². The van der Waals surface area contributed by atoms with E-state index in [9.17, 15) is 0 Å². The Morgan fingerprint density at radius 1 is 1.64 bits per heavy atom. The zero-order valence-electron chi connectivity index (χ0n) is 7.70. The first-order valence-corrected chi connectivity index (χ1v) is 4.47. The van der Waals surface area contributed by atoms with Gasteiger partial charge in [-0.2, -0.15) is 0 Å². The molecule has 0 radical (unpaired) electrons. The third kappa shape index (κ3) is 2.29. The number of rotatable bonds is 3. The minimum Gasteiger partial charge on any atom is -0.493 e. The number of nitrogens with zero attached hydrogens (tertiary/aromatic N) is 1. The molecular formula is C9H11ClN2O2. The Morgan fingerprint density at radius 3 is 2.93 bits per heavy atom. The Kier molecular flexibility index (Phi) is 3.59. The van der Waals surface area contributed by atoms with Crippen molar-refractivity contribution in [2.24, 2.45) is 10.9 Å². The van der Waals surface area contributed by atoms with Crippen molar-refractivity contribution in [3.63, 3.8) is 0 Å². The van der Waals surface area contributed by atoms with Gasteiger partial charge in [-0.25, -0.2) is 0 Å². The Bertz CT molecular complexity index is 353. The van der Waals surface area contributed by atoms with Crippen molar-refractivity contribution < 1.29 is 9.94 Å². The van der Waals surface area contributed by atoms with Crippen LogP contribution in [0.2, 0.25) is 5.02 Å². The summed E-state index contributed by atoms with van der Waals surface area (Å²) >= 11 is 5.78. The van der Waals surface area contributed by atoms with E-state index < -0.39 is 0 Å². The minimum absolute atomic E-state index is 0.00474. The molecule has 0 bridgehead atoms. The summed E-state index contributed by atoms with van der Waals surface area (Å²) in [6.07, 6.45) is 0. The van der Waals surface area contributed by atoms with Crippen LogP contribution in [0.15, 0.2) is 23.4 Å². The van der Waals surface area contributed by atoms with Gasteiger partial charge >= 0.3 is 0 Å². The molecule has 0 heterocycles. The summed E-state index contributed by atoms with van der Waals surface area (Å²) in [5.41, 5.74) is 5.98. The molecule has 3 N–H and O–H groups in total. The summed E-state index contributed by atoms with van der Waals surface area (Å²) in [6.45, 7) is 2.34. The second-order valence-electron chi connectivity index (χ2n) is 2.56. The fourth-order valence-electron chi connectivity index (χ4n) is 1.04. The molecule has 1 aromatic rings. The van der Waals surface area contributed by atoms with E-state index in [2.05, 4.69) is 5.16 Å². The largest absolute Gasteiger partial charge is 0.493 e. The molecule has 4 nitrogen and oxygen atoms in total. The Hall–Kier alpha value is -1.42. The summed E-state index contributed by atoms with van der Waals surface area (Å²) in [7, 11) is 0. The number of ether oxygens (including phenoxy) is 1. The predicted octanol–water partition coefficient (Wildman–Crippen LogP) is 1.83. The number of benzene rings is 1. The Morgan fingerprint density at radius 2 is 2.36 bits per heavy atom. The van der Waals surface area contributed by atoms with Crippen LogP contribution in [0.4, 0.5) is 0 Å². The summed E-state index contributed by atoms with van der Waals surface area (Å²) in [5, 5.41) is 12.0. The van der Waals surface area contributed by atoms with E-state index >= 15 is 0 Å². The molecule has 0 atom stereocenters. The van der Waals surface area contributed by atoms with Gasteiger partial charge in [0.05, 0.1) is 12.2 Å². The van der Waals surface area contributed by atoms with Crippen LogP contribution >= 0.6 is 11.6 Å². The molecule has 5 heteroatoms. The van der Waals surface area contributed by atoms with E-state index in [1.54, 1.807) is 18.2 Å². The van der Waals surface area contributed by atoms with E-state index in [0.29, 0.717) is 22.9 Å². The number of nitrogens with two attached hydrogens (primary N) is 1. The molecule has 1 rings (SSSR count). The molecule has 0 fully saturated rings. The maximum absolute atomic E-state index is 8.52. The molecule has 0 amide bonds. The lowest BCUT2D eigenvalue weighted by Gasteiger charge is -2.08. The van der Waals surface area contributed by atoms with Crippen molar-refractivity contribution in [1.29, 1.82) is 0 Å². The zero-order valence-corrected chi connectivity index (χ0v) is 8.45. The first kappa shape index (κ1) is 10.7. The van der Waals surface area contributed by atoms with Crippen LogP contribution in [-0.4, -0.2) is 17.6 Å². The van der Waals surface area contributed by atoms with Crippen molar-refractivity contribution in [3.05, 3.63) is 28.8 Å². The second-order valence-corrected chi connectivity index (χ2v) is 3.00. The van der Waals surface area contributed by atoms with Gasteiger partial charge in [0.2, 0.25) is 0 Å². The van der Waals surface area contributed by atoms with E-state index in [0.717, 1.165) is 0 Å². The SMILES string of the molecule is CCOc1cc(Cl)ccc1C(N)=NO. The summed E-state index contributed by atoms with van der Waals surface area (Å²) in [4.78, 5) is 0. The van der Waals surface area contributed by atoms with E-state index in [1.165, 1.54) is 0 Å². The predicted molar refractivity (Wildman–Crippen MR) is 55.1 cm³/mol. The van der Waals surface area contributed by atoms with Crippen molar-refractivity contribution in [2.75, 3.05) is 6.61 Å². The number of oxime groups is 1. The minimum atomic E-state index is 0.00474. The molecule has 76 valence electrons. The lowest BCUT2D eigenvalue weighted by molar-refractivity contribution is 0.317. The van der Waals surface area contributed by atoms with Gasteiger partial charge in [-0.3, -0.25) is 0 Å². The molecule has 0 spiro atoms. The molecule has 0 saturated heterocycles. The number of halogens is 1. The van der Waals surface area contributed by atoms with Gasteiger partial charge in [0.1, 0.15) is 5.75 Å². The monoisotopic (exact) mass is 214 g/mol. The van der Waals surface area contributed by atoms with Gasteiger partial charge in [0.15, 0.2) is 5.84 Å². The summed E-state index contributed by atoms with van der Waals surface area (Å²) in [5.74, 6) is 0.514. The van der Waals surface area contributed by atoms with Gasteiger partial charge in [-0.1, -0.05) is 16.8 Å². The van der Waals surface area contributed by atoms with Crippen molar-refractivity contribution in [3.8, 4) is 5.75 Å². The maximum atomic E-state index is 8.52. The van der Waals surface area contributed by atoms with Crippen LogP contribution in [-0.2, 0) is 0 Å². The second kappa shape index (κ2) is 4.72.